The van der Waals surface area contributed by atoms with Crippen LogP contribution in [0.3, 0.4) is 0 Å². The minimum Gasteiger partial charge on any atom is -0.481 e. The van der Waals surface area contributed by atoms with E-state index in [-0.39, 0.29) is 12.8 Å². The molecule has 1 saturated heterocycles. The van der Waals surface area contributed by atoms with Gasteiger partial charge in [0, 0.05) is 24.2 Å². The van der Waals surface area contributed by atoms with Crippen LogP contribution < -0.4 is 0 Å². The van der Waals surface area contributed by atoms with Gasteiger partial charge in [0.25, 0.3) is 0 Å². The molecule has 0 spiro atoms. The number of carbonyl (C=O) groups is 1. The molecule has 0 radical (unpaired) electrons. The van der Waals surface area contributed by atoms with Crippen LogP contribution in [0.1, 0.15) is 38.9 Å². The van der Waals surface area contributed by atoms with Gasteiger partial charge in [-0.3, -0.25) is 4.79 Å². The lowest BCUT2D eigenvalue weighted by atomic mass is 10.1. The predicted octanol–water partition coefficient (Wildman–Crippen LogP) is 2.79. The van der Waals surface area contributed by atoms with Gasteiger partial charge in [0.2, 0.25) is 0 Å². The number of rotatable bonds is 5. The summed E-state index contributed by atoms with van der Waals surface area (Å²) in [5.41, 5.74) is -2.08. The Labute approximate surface area is 87.9 Å². The zero-order valence-corrected chi connectivity index (χ0v) is 8.13. The molecule has 1 aliphatic heterocycles. The molecular formula is C8H14O2S2. The van der Waals surface area contributed by atoms with Crippen molar-refractivity contribution in [2.45, 2.75) is 37.3 Å². The van der Waals surface area contributed by atoms with Gasteiger partial charge in [-0.15, -0.1) is 0 Å². The molecule has 12 heavy (non-hydrogen) atoms. The standard InChI is InChI=1S/C8H14O2S2/c9-8(10)4-2-1-3-7-5-6-11-12-7/h7H,1-6H2,(H,9,10)/i5D2,6D2,7D. The topological polar surface area (TPSA) is 37.3 Å². The molecule has 0 aromatic heterocycles. The van der Waals surface area contributed by atoms with Gasteiger partial charge in [0.05, 0.1) is 0 Å². The van der Waals surface area contributed by atoms with Crippen LogP contribution in [0.15, 0.2) is 0 Å². The molecule has 0 saturated carbocycles. The minimum absolute atomic E-state index is 0.00375. The number of hydrogen-bond acceptors (Lipinski definition) is 3. The fourth-order valence-corrected chi connectivity index (χ4v) is 2.45. The first kappa shape index (κ1) is 5.15. The average molecular weight is 211 g/mol. The summed E-state index contributed by atoms with van der Waals surface area (Å²) >= 11 is 0. The fraction of sp³-hybridized carbons (Fsp3) is 0.875. The highest BCUT2D eigenvalue weighted by molar-refractivity contribution is 8.77. The lowest BCUT2D eigenvalue weighted by Gasteiger charge is -2.04. The van der Waals surface area contributed by atoms with Crippen LogP contribution >= 0.6 is 21.6 Å². The molecule has 1 heterocycles. The Bertz CT molecular complexity index is 312. The highest BCUT2D eigenvalue weighted by atomic mass is 33.1. The molecule has 70 valence electrons. The molecule has 4 heteroatoms. The van der Waals surface area contributed by atoms with E-state index in [9.17, 15) is 4.79 Å². The van der Waals surface area contributed by atoms with E-state index in [1.165, 1.54) is 0 Å². The van der Waals surface area contributed by atoms with E-state index in [2.05, 4.69) is 0 Å². The molecule has 0 aromatic rings. The molecule has 0 aliphatic carbocycles. The Balaban J connectivity index is 2.55. The number of unbranched alkanes of at least 4 members (excludes halogenated alkanes) is 1. The predicted molar refractivity (Wildman–Crippen MR) is 54.6 cm³/mol. The van der Waals surface area contributed by atoms with Crippen LogP contribution in [-0.2, 0) is 4.79 Å². The van der Waals surface area contributed by atoms with Gasteiger partial charge in [0.1, 0.15) is 0 Å². The highest BCUT2D eigenvalue weighted by Gasteiger charge is 2.15. The van der Waals surface area contributed by atoms with Crippen molar-refractivity contribution in [2.24, 2.45) is 0 Å². The van der Waals surface area contributed by atoms with Gasteiger partial charge in [-0.05, 0) is 19.2 Å². The lowest BCUT2D eigenvalue weighted by molar-refractivity contribution is -0.137. The van der Waals surface area contributed by atoms with Crippen molar-refractivity contribution >= 4 is 27.6 Å². The third kappa shape index (κ3) is 4.26. The average Bonchev–Trinajstić information content (AvgIpc) is 2.35. The summed E-state index contributed by atoms with van der Waals surface area (Å²) in [6.07, 6.45) is -1.27. The Morgan fingerprint density at radius 1 is 1.75 bits per heavy atom. The number of carboxylic acids is 1. The Morgan fingerprint density at radius 3 is 3.17 bits per heavy atom. The summed E-state index contributed by atoms with van der Waals surface area (Å²) in [6, 6.07) is 0. The SMILES string of the molecule is [2H]C1([2H])SSC([2H])(CCCCC(=O)O)C1([2H])[2H]. The molecule has 2 nitrogen and oxygen atoms in total. The third-order valence-corrected chi connectivity index (χ3v) is 3.30. The van der Waals surface area contributed by atoms with Crippen LogP contribution in [0.5, 0.6) is 0 Å². The normalized spacial score (nSPS) is 43.5. The van der Waals surface area contributed by atoms with Crippen molar-refractivity contribution in [3.8, 4) is 0 Å². The summed E-state index contributed by atoms with van der Waals surface area (Å²) < 4.78 is 38.4. The quantitative estimate of drug-likeness (QED) is 0.560. The zero-order chi connectivity index (χ0) is 13.3. The highest BCUT2D eigenvalue weighted by Crippen LogP contribution is 2.39. The van der Waals surface area contributed by atoms with Gasteiger partial charge in [0.15, 0.2) is 0 Å². The van der Waals surface area contributed by atoms with Crippen LogP contribution in [0.2, 0.25) is 0 Å². The van der Waals surface area contributed by atoms with Gasteiger partial charge < -0.3 is 5.11 Å². The van der Waals surface area contributed by atoms with Crippen molar-refractivity contribution in [3.05, 3.63) is 0 Å². The first-order chi connectivity index (χ1) is 7.62. The molecule has 0 bridgehead atoms. The molecule has 1 rings (SSSR count). The van der Waals surface area contributed by atoms with Crippen molar-refractivity contribution in [2.75, 3.05) is 5.70 Å². The number of aliphatic carboxylic acids is 1. The van der Waals surface area contributed by atoms with Crippen LogP contribution in [0.4, 0.5) is 0 Å². The largest absolute Gasteiger partial charge is 0.481 e. The Hall–Kier alpha value is 0.170. The summed E-state index contributed by atoms with van der Waals surface area (Å²) in [6.45, 7) is 0. The van der Waals surface area contributed by atoms with Gasteiger partial charge in [-0.2, -0.15) is 0 Å². The first-order valence-electron chi connectivity index (χ1n) is 6.21. The van der Waals surface area contributed by atoms with E-state index in [1.807, 2.05) is 0 Å². The molecule has 0 amide bonds. The minimum atomic E-state index is -2.24. The van der Waals surface area contributed by atoms with Crippen molar-refractivity contribution in [1.29, 1.82) is 0 Å². The second-order valence-corrected chi connectivity index (χ2v) is 4.45. The molecular weight excluding hydrogens is 192 g/mol. The molecule has 1 atom stereocenters. The maximum absolute atomic E-state index is 10.3. The van der Waals surface area contributed by atoms with Crippen LogP contribution in [-0.4, -0.2) is 22.0 Å². The molecule has 0 aromatic carbocycles. The van der Waals surface area contributed by atoms with E-state index in [0.717, 1.165) is 21.6 Å². The van der Waals surface area contributed by atoms with E-state index in [4.69, 9.17) is 12.0 Å². The third-order valence-electron chi connectivity index (χ3n) is 1.42. The molecule has 1 aliphatic rings. The van der Waals surface area contributed by atoms with Crippen LogP contribution in [0, 0.1) is 0 Å². The van der Waals surface area contributed by atoms with E-state index < -0.39 is 23.3 Å². The smallest absolute Gasteiger partial charge is 0.303 e. The van der Waals surface area contributed by atoms with E-state index >= 15 is 0 Å². The van der Waals surface area contributed by atoms with Crippen molar-refractivity contribution < 1.29 is 16.8 Å². The monoisotopic (exact) mass is 211 g/mol. The van der Waals surface area contributed by atoms with E-state index in [1.54, 1.807) is 0 Å². The van der Waals surface area contributed by atoms with Gasteiger partial charge in [-0.25, -0.2) is 0 Å². The molecule has 1 fully saturated rings. The van der Waals surface area contributed by atoms with E-state index in [0.29, 0.717) is 12.8 Å². The fourth-order valence-electron chi connectivity index (χ4n) is 0.836. The maximum atomic E-state index is 10.3. The maximum Gasteiger partial charge on any atom is 0.303 e. The second-order valence-electron chi connectivity index (χ2n) is 2.42. The van der Waals surface area contributed by atoms with Crippen molar-refractivity contribution in [3.63, 3.8) is 0 Å². The van der Waals surface area contributed by atoms with Gasteiger partial charge in [-0.1, -0.05) is 28.0 Å². The summed E-state index contributed by atoms with van der Waals surface area (Å²) in [5.74, 6) is -0.907. The number of carboxylic acid groups (broad SMARTS) is 1. The van der Waals surface area contributed by atoms with Gasteiger partial charge >= 0.3 is 5.97 Å². The van der Waals surface area contributed by atoms with Crippen molar-refractivity contribution in [1.82, 2.24) is 0 Å². The lowest BCUT2D eigenvalue weighted by Crippen LogP contribution is -1.99. The molecule has 1 unspecified atom stereocenters. The Morgan fingerprint density at radius 2 is 2.58 bits per heavy atom. The summed E-state index contributed by atoms with van der Waals surface area (Å²) in [7, 11) is 1.65. The van der Waals surface area contributed by atoms with Crippen LogP contribution in [0.25, 0.3) is 0 Å². The summed E-state index contributed by atoms with van der Waals surface area (Å²) in [4.78, 5) is 10.3. The first-order valence-corrected chi connectivity index (χ1v) is 5.86. The summed E-state index contributed by atoms with van der Waals surface area (Å²) in [5, 5.41) is 6.92. The molecule has 1 N–H and O–H groups in total. The second kappa shape index (κ2) is 5.75. The number of hydrogen-bond donors (Lipinski definition) is 1. The Kier molecular flexibility index (Phi) is 2.47. The zero-order valence-electron chi connectivity index (χ0n) is 11.5.